The van der Waals surface area contributed by atoms with Crippen LogP contribution in [0.5, 0.6) is 5.75 Å². The van der Waals surface area contributed by atoms with E-state index in [1.807, 2.05) is 6.92 Å². The summed E-state index contributed by atoms with van der Waals surface area (Å²) < 4.78 is 5.42. The lowest BCUT2D eigenvalue weighted by atomic mass is 10.1. The van der Waals surface area contributed by atoms with Crippen LogP contribution in [0.4, 0.5) is 11.5 Å². The normalized spacial score (nSPS) is 9.74. The van der Waals surface area contributed by atoms with E-state index in [9.17, 15) is 10.1 Å². The third-order valence-corrected chi connectivity index (χ3v) is 2.36. The molecule has 2 rings (SSSR count). The molecule has 0 spiro atoms. The summed E-state index contributed by atoms with van der Waals surface area (Å²) >= 11 is 0. The van der Waals surface area contributed by atoms with Gasteiger partial charge in [0.1, 0.15) is 11.6 Å². The summed E-state index contributed by atoms with van der Waals surface area (Å²) in [6, 6.07) is 5.99. The molecule has 0 saturated carbocycles. The maximum absolute atomic E-state index is 10.8. The molecular formula is C11H13ClN4O3. The standard InChI is InChI=1S/C11H12N4O3.ClH/c1-2-18-10-4-3-7(15(16)17)5-8(10)9-6-11(12)14-13-9;/h3-6H,2H2,1H3,(H3,12,13,14);1H. The molecule has 7 nitrogen and oxygen atoms in total. The average Bonchev–Trinajstić information content (AvgIpc) is 2.76. The summed E-state index contributed by atoms with van der Waals surface area (Å²) in [7, 11) is 0. The van der Waals surface area contributed by atoms with Crippen LogP contribution in [0.25, 0.3) is 11.3 Å². The molecule has 102 valence electrons. The minimum absolute atomic E-state index is 0. The van der Waals surface area contributed by atoms with Crippen LogP contribution in [0.1, 0.15) is 6.92 Å². The molecule has 8 heteroatoms. The lowest BCUT2D eigenvalue weighted by molar-refractivity contribution is -0.384. The summed E-state index contributed by atoms with van der Waals surface area (Å²) in [6.07, 6.45) is 0. The highest BCUT2D eigenvalue weighted by Crippen LogP contribution is 2.32. The van der Waals surface area contributed by atoms with Crippen LogP contribution in [0.2, 0.25) is 0 Å². The monoisotopic (exact) mass is 284 g/mol. The Hall–Kier alpha value is -2.28. The van der Waals surface area contributed by atoms with Crippen LogP contribution in [0.15, 0.2) is 24.3 Å². The zero-order valence-electron chi connectivity index (χ0n) is 10.1. The average molecular weight is 285 g/mol. The minimum Gasteiger partial charge on any atom is -0.493 e. The quantitative estimate of drug-likeness (QED) is 0.662. The first kappa shape index (κ1) is 14.8. The Morgan fingerprint density at radius 1 is 1.47 bits per heavy atom. The number of aromatic nitrogens is 2. The lowest BCUT2D eigenvalue weighted by Crippen LogP contribution is -1.96. The van der Waals surface area contributed by atoms with Crippen molar-refractivity contribution in [3.63, 3.8) is 0 Å². The second kappa shape index (κ2) is 6.05. The number of nitrogens with zero attached hydrogens (tertiary/aromatic N) is 2. The molecule has 0 saturated heterocycles. The van der Waals surface area contributed by atoms with Gasteiger partial charge in [0.25, 0.3) is 5.69 Å². The van der Waals surface area contributed by atoms with Gasteiger partial charge >= 0.3 is 0 Å². The van der Waals surface area contributed by atoms with Crippen molar-refractivity contribution in [1.29, 1.82) is 0 Å². The number of benzene rings is 1. The molecule has 1 aromatic carbocycles. The summed E-state index contributed by atoms with van der Waals surface area (Å²) in [4.78, 5) is 10.3. The van der Waals surface area contributed by atoms with E-state index >= 15 is 0 Å². The van der Waals surface area contributed by atoms with Gasteiger partial charge in [-0.1, -0.05) is 0 Å². The largest absolute Gasteiger partial charge is 0.493 e. The maximum Gasteiger partial charge on any atom is 0.270 e. The number of rotatable bonds is 4. The number of non-ortho nitro benzene ring substituents is 1. The second-order valence-electron chi connectivity index (χ2n) is 3.58. The molecule has 2 aromatic rings. The van der Waals surface area contributed by atoms with E-state index in [-0.39, 0.29) is 18.1 Å². The first-order chi connectivity index (χ1) is 8.61. The maximum atomic E-state index is 10.8. The fourth-order valence-electron chi connectivity index (χ4n) is 1.60. The van der Waals surface area contributed by atoms with Gasteiger partial charge in [-0.2, -0.15) is 5.10 Å². The van der Waals surface area contributed by atoms with Crippen molar-refractivity contribution in [2.45, 2.75) is 6.92 Å². The molecule has 0 aliphatic rings. The van der Waals surface area contributed by atoms with E-state index in [1.54, 1.807) is 12.1 Å². The third kappa shape index (κ3) is 3.14. The number of nitrogen functional groups attached to an aromatic ring is 1. The number of hydrogen-bond donors (Lipinski definition) is 2. The number of H-pyrrole nitrogens is 1. The number of aromatic amines is 1. The Labute approximate surface area is 115 Å². The van der Waals surface area contributed by atoms with Crippen molar-refractivity contribution < 1.29 is 9.66 Å². The molecule has 0 unspecified atom stereocenters. The Bertz CT molecular complexity index is 585. The molecule has 0 radical (unpaired) electrons. The smallest absolute Gasteiger partial charge is 0.270 e. The number of nitrogens with one attached hydrogen (secondary N) is 1. The van der Waals surface area contributed by atoms with E-state index in [0.717, 1.165) is 0 Å². The predicted molar refractivity (Wildman–Crippen MR) is 73.5 cm³/mol. The number of hydrogen-bond acceptors (Lipinski definition) is 5. The third-order valence-electron chi connectivity index (χ3n) is 2.36. The van der Waals surface area contributed by atoms with Crippen LogP contribution in [0.3, 0.4) is 0 Å². The van der Waals surface area contributed by atoms with E-state index in [4.69, 9.17) is 10.5 Å². The van der Waals surface area contributed by atoms with Crippen LogP contribution in [-0.2, 0) is 0 Å². The van der Waals surface area contributed by atoms with Crippen LogP contribution in [0, 0.1) is 10.1 Å². The van der Waals surface area contributed by atoms with E-state index in [1.165, 1.54) is 12.1 Å². The van der Waals surface area contributed by atoms with Gasteiger partial charge in [0.15, 0.2) is 0 Å². The van der Waals surface area contributed by atoms with Crippen LogP contribution < -0.4 is 10.5 Å². The van der Waals surface area contributed by atoms with Crippen molar-refractivity contribution in [3.05, 3.63) is 34.4 Å². The van der Waals surface area contributed by atoms with Gasteiger partial charge in [0.2, 0.25) is 0 Å². The fourth-order valence-corrected chi connectivity index (χ4v) is 1.60. The Morgan fingerprint density at radius 2 is 2.21 bits per heavy atom. The van der Waals surface area contributed by atoms with Gasteiger partial charge in [-0.3, -0.25) is 15.2 Å². The number of ether oxygens (including phenoxy) is 1. The summed E-state index contributed by atoms with van der Waals surface area (Å²) in [5, 5.41) is 17.3. The highest BCUT2D eigenvalue weighted by atomic mass is 35.5. The van der Waals surface area contributed by atoms with Gasteiger partial charge in [-0.05, 0) is 13.0 Å². The predicted octanol–water partition coefficient (Wildman–Crippen LogP) is 2.39. The van der Waals surface area contributed by atoms with Crippen LogP contribution >= 0.6 is 12.4 Å². The molecule has 19 heavy (non-hydrogen) atoms. The highest BCUT2D eigenvalue weighted by molar-refractivity contribution is 5.85. The number of nitro groups is 1. The molecule has 1 aromatic heterocycles. The fraction of sp³-hybridized carbons (Fsp3) is 0.182. The number of halogens is 1. The molecule has 0 fully saturated rings. The van der Waals surface area contributed by atoms with Gasteiger partial charge in [-0.25, -0.2) is 0 Å². The zero-order chi connectivity index (χ0) is 13.1. The Balaban J connectivity index is 0.00000180. The van der Waals surface area contributed by atoms with Crippen molar-refractivity contribution in [2.24, 2.45) is 0 Å². The number of nitrogens with two attached hydrogens (primary N) is 1. The first-order valence-electron chi connectivity index (χ1n) is 5.34. The van der Waals surface area contributed by atoms with Crippen molar-refractivity contribution in [1.82, 2.24) is 10.2 Å². The molecular weight excluding hydrogens is 272 g/mol. The van der Waals surface area contributed by atoms with E-state index in [0.29, 0.717) is 29.4 Å². The molecule has 3 N–H and O–H groups in total. The minimum atomic E-state index is -0.459. The first-order valence-corrected chi connectivity index (χ1v) is 5.34. The van der Waals surface area contributed by atoms with Gasteiger partial charge in [0, 0.05) is 23.8 Å². The van der Waals surface area contributed by atoms with Gasteiger partial charge < -0.3 is 10.5 Å². The van der Waals surface area contributed by atoms with Crippen molar-refractivity contribution >= 4 is 23.9 Å². The van der Waals surface area contributed by atoms with E-state index < -0.39 is 4.92 Å². The number of nitro benzene ring substituents is 1. The molecule has 0 aliphatic heterocycles. The second-order valence-corrected chi connectivity index (χ2v) is 3.58. The topological polar surface area (TPSA) is 107 Å². The SMILES string of the molecule is CCOc1ccc([N+](=O)[O-])cc1-c1cc(N)n[nH]1.Cl. The van der Waals surface area contributed by atoms with Gasteiger partial charge in [0.05, 0.1) is 17.2 Å². The molecule has 0 bridgehead atoms. The van der Waals surface area contributed by atoms with Crippen molar-refractivity contribution in [3.8, 4) is 17.0 Å². The van der Waals surface area contributed by atoms with E-state index in [2.05, 4.69) is 10.2 Å². The summed E-state index contributed by atoms with van der Waals surface area (Å²) in [5.74, 6) is 0.866. The summed E-state index contributed by atoms with van der Waals surface area (Å²) in [6.45, 7) is 2.31. The summed E-state index contributed by atoms with van der Waals surface area (Å²) in [5.41, 5.74) is 6.66. The molecule has 1 heterocycles. The zero-order valence-corrected chi connectivity index (χ0v) is 10.9. The number of anilines is 1. The molecule has 0 atom stereocenters. The van der Waals surface area contributed by atoms with Crippen LogP contribution in [-0.4, -0.2) is 21.7 Å². The molecule has 0 aliphatic carbocycles. The Kier molecular flexibility index (Phi) is 4.71. The molecule has 0 amide bonds. The van der Waals surface area contributed by atoms with Crippen molar-refractivity contribution in [2.75, 3.05) is 12.3 Å². The van der Waals surface area contributed by atoms with Gasteiger partial charge in [-0.15, -0.1) is 12.4 Å². The lowest BCUT2D eigenvalue weighted by Gasteiger charge is -2.08. The highest BCUT2D eigenvalue weighted by Gasteiger charge is 2.14. The Morgan fingerprint density at radius 3 is 2.74 bits per heavy atom.